The molecular formula is C13H16IN3OS. The van der Waals surface area contributed by atoms with E-state index in [1.54, 1.807) is 11.3 Å². The van der Waals surface area contributed by atoms with Gasteiger partial charge in [-0.1, -0.05) is 27.7 Å². The van der Waals surface area contributed by atoms with Gasteiger partial charge in [0.1, 0.15) is 5.69 Å². The zero-order valence-electron chi connectivity index (χ0n) is 11.4. The first-order valence-corrected chi connectivity index (χ1v) is 8.04. The fourth-order valence-electron chi connectivity index (χ4n) is 1.59. The maximum atomic E-state index is 11.9. The highest BCUT2D eigenvalue weighted by Gasteiger charge is 2.19. The highest BCUT2D eigenvalue weighted by molar-refractivity contribution is 14.1. The fourth-order valence-corrected chi connectivity index (χ4v) is 3.12. The average Bonchev–Trinajstić information content (AvgIpc) is 2.81. The number of aromatic nitrogens is 3. The summed E-state index contributed by atoms with van der Waals surface area (Å²) in [5.41, 5.74) is 1.50. The predicted octanol–water partition coefficient (Wildman–Crippen LogP) is 3.36. The number of aryl methyl sites for hydroxylation is 1. The summed E-state index contributed by atoms with van der Waals surface area (Å²) >= 11 is 3.63. The second-order valence-electron chi connectivity index (χ2n) is 5.32. The van der Waals surface area contributed by atoms with E-state index in [1.165, 1.54) is 0 Å². The average molecular weight is 389 g/mol. The van der Waals surface area contributed by atoms with Crippen LogP contribution in [0.3, 0.4) is 0 Å². The Morgan fingerprint density at radius 1 is 1.37 bits per heavy atom. The van der Waals surface area contributed by atoms with Crippen molar-refractivity contribution in [1.29, 1.82) is 0 Å². The molecule has 2 aromatic heterocycles. The van der Waals surface area contributed by atoms with E-state index in [1.807, 2.05) is 34.9 Å². The topological polar surface area (TPSA) is 58.6 Å². The van der Waals surface area contributed by atoms with Gasteiger partial charge in [-0.25, -0.2) is 9.97 Å². The van der Waals surface area contributed by atoms with Crippen molar-refractivity contribution in [3.8, 4) is 11.5 Å². The summed E-state index contributed by atoms with van der Waals surface area (Å²) in [7, 11) is 0. The molecule has 0 aromatic carbocycles. The molecule has 2 heterocycles. The second kappa shape index (κ2) is 5.32. The van der Waals surface area contributed by atoms with Gasteiger partial charge in [0.25, 0.3) is 5.56 Å². The van der Waals surface area contributed by atoms with E-state index < -0.39 is 0 Å². The predicted molar refractivity (Wildman–Crippen MR) is 86.8 cm³/mol. The lowest BCUT2D eigenvalue weighted by Gasteiger charge is -2.13. The van der Waals surface area contributed by atoms with Gasteiger partial charge >= 0.3 is 0 Å². The van der Waals surface area contributed by atoms with E-state index in [9.17, 15) is 4.79 Å². The Labute approximate surface area is 129 Å². The van der Waals surface area contributed by atoms with Crippen molar-refractivity contribution in [2.24, 2.45) is 0 Å². The van der Waals surface area contributed by atoms with Crippen LogP contribution in [-0.2, 0) is 11.8 Å². The molecule has 0 amide bonds. The molecule has 0 radical (unpaired) electrons. The van der Waals surface area contributed by atoms with Crippen molar-refractivity contribution in [3.05, 3.63) is 30.0 Å². The van der Waals surface area contributed by atoms with Crippen LogP contribution in [0, 0.1) is 3.57 Å². The Hall–Kier alpha value is -0.760. The minimum absolute atomic E-state index is 0.0139. The maximum absolute atomic E-state index is 11.9. The fraction of sp³-hybridized carbons (Fsp3) is 0.462. The number of aromatic amines is 1. The molecule has 0 aliphatic heterocycles. The number of hydrogen-bond donors (Lipinski definition) is 1. The molecule has 102 valence electrons. The molecule has 0 spiro atoms. The van der Waals surface area contributed by atoms with Crippen LogP contribution in [0.1, 0.15) is 38.4 Å². The van der Waals surface area contributed by atoms with Crippen LogP contribution in [-0.4, -0.2) is 15.0 Å². The Morgan fingerprint density at radius 2 is 2.05 bits per heavy atom. The molecule has 0 saturated carbocycles. The summed E-state index contributed by atoms with van der Waals surface area (Å²) in [5.74, 6) is 0.564. The Balaban J connectivity index is 2.51. The lowest BCUT2D eigenvalue weighted by atomic mass is 9.98. The van der Waals surface area contributed by atoms with Gasteiger partial charge in [0.2, 0.25) is 0 Å². The molecule has 6 heteroatoms. The van der Waals surface area contributed by atoms with Crippen molar-refractivity contribution < 1.29 is 0 Å². The van der Waals surface area contributed by atoms with E-state index in [2.05, 4.69) is 35.7 Å². The molecule has 0 aliphatic rings. The molecule has 0 saturated heterocycles. The van der Waals surface area contributed by atoms with Crippen LogP contribution in [0.25, 0.3) is 11.5 Å². The Morgan fingerprint density at radius 3 is 2.58 bits per heavy atom. The molecule has 0 unspecified atom stereocenters. The molecule has 2 rings (SSSR count). The summed E-state index contributed by atoms with van der Waals surface area (Å²) in [4.78, 5) is 23.8. The molecule has 0 aliphatic carbocycles. The van der Waals surface area contributed by atoms with Gasteiger partial charge < -0.3 is 4.98 Å². The maximum Gasteiger partial charge on any atom is 0.264 e. The molecular weight excluding hydrogens is 373 g/mol. The molecule has 0 fully saturated rings. The third kappa shape index (κ3) is 3.05. The van der Waals surface area contributed by atoms with Gasteiger partial charge in [-0.05, 0) is 29.0 Å². The van der Waals surface area contributed by atoms with Crippen LogP contribution < -0.4 is 5.56 Å². The van der Waals surface area contributed by atoms with Gasteiger partial charge in [-0.3, -0.25) is 4.79 Å². The summed E-state index contributed by atoms with van der Waals surface area (Å²) in [6.07, 6.45) is 0.742. The largest absolute Gasteiger partial charge is 0.304 e. The summed E-state index contributed by atoms with van der Waals surface area (Å²) < 4.78 is 0.662. The minimum atomic E-state index is -0.0900. The van der Waals surface area contributed by atoms with E-state index in [0.29, 0.717) is 9.39 Å². The van der Waals surface area contributed by atoms with Crippen LogP contribution in [0.5, 0.6) is 0 Å². The lowest BCUT2D eigenvalue weighted by molar-refractivity contribution is 0.586. The van der Waals surface area contributed by atoms with Gasteiger partial charge in [0.05, 0.1) is 14.3 Å². The Bertz CT molecular complexity index is 655. The summed E-state index contributed by atoms with van der Waals surface area (Å²) in [5, 5.41) is 2.99. The van der Waals surface area contributed by atoms with Crippen molar-refractivity contribution in [3.63, 3.8) is 0 Å². The van der Waals surface area contributed by atoms with Gasteiger partial charge in [0, 0.05) is 10.8 Å². The first-order chi connectivity index (χ1) is 8.82. The quantitative estimate of drug-likeness (QED) is 0.802. The van der Waals surface area contributed by atoms with E-state index in [4.69, 9.17) is 0 Å². The van der Waals surface area contributed by atoms with Crippen LogP contribution in [0.15, 0.2) is 10.2 Å². The number of halogens is 1. The van der Waals surface area contributed by atoms with Gasteiger partial charge in [-0.2, -0.15) is 0 Å². The number of hydrogen-bond acceptors (Lipinski definition) is 4. The van der Waals surface area contributed by atoms with Crippen molar-refractivity contribution in [2.45, 2.75) is 39.5 Å². The number of nitrogens with one attached hydrogen (secondary N) is 1. The van der Waals surface area contributed by atoms with E-state index >= 15 is 0 Å². The number of nitrogens with zero attached hydrogens (tertiary/aromatic N) is 2. The van der Waals surface area contributed by atoms with Crippen LogP contribution in [0.2, 0.25) is 0 Å². The number of H-pyrrole nitrogens is 1. The van der Waals surface area contributed by atoms with Crippen LogP contribution in [0.4, 0.5) is 0 Å². The first kappa shape index (κ1) is 14.6. The molecule has 0 bridgehead atoms. The normalized spacial score (nSPS) is 11.8. The highest BCUT2D eigenvalue weighted by atomic mass is 127. The van der Waals surface area contributed by atoms with E-state index in [-0.39, 0.29) is 11.0 Å². The Kier molecular flexibility index (Phi) is 4.10. The standard InChI is InChI=1S/C13H16IN3OS/c1-5-7-9(14)11(18)17-10(15-7)8-6-19-12(16-8)13(2,3)4/h6H,5H2,1-4H3,(H,15,17,18). The second-order valence-corrected chi connectivity index (χ2v) is 7.25. The van der Waals surface area contributed by atoms with Crippen molar-refractivity contribution in [2.75, 3.05) is 0 Å². The van der Waals surface area contributed by atoms with Crippen LogP contribution >= 0.6 is 33.9 Å². The first-order valence-electron chi connectivity index (χ1n) is 6.08. The minimum Gasteiger partial charge on any atom is -0.304 e. The highest BCUT2D eigenvalue weighted by Crippen LogP contribution is 2.28. The summed E-state index contributed by atoms with van der Waals surface area (Å²) in [6.45, 7) is 8.36. The summed E-state index contributed by atoms with van der Waals surface area (Å²) in [6, 6.07) is 0. The molecule has 0 atom stereocenters. The lowest BCUT2D eigenvalue weighted by Crippen LogP contribution is -2.16. The monoisotopic (exact) mass is 389 g/mol. The van der Waals surface area contributed by atoms with Gasteiger partial charge in [-0.15, -0.1) is 11.3 Å². The van der Waals surface area contributed by atoms with Crippen molar-refractivity contribution in [1.82, 2.24) is 15.0 Å². The van der Waals surface area contributed by atoms with Crippen molar-refractivity contribution >= 4 is 33.9 Å². The molecule has 2 aromatic rings. The zero-order valence-corrected chi connectivity index (χ0v) is 14.3. The smallest absolute Gasteiger partial charge is 0.264 e. The third-order valence-electron chi connectivity index (χ3n) is 2.65. The number of rotatable bonds is 2. The zero-order chi connectivity index (χ0) is 14.2. The molecule has 4 nitrogen and oxygen atoms in total. The third-order valence-corrected chi connectivity index (χ3v) is 5.04. The van der Waals surface area contributed by atoms with E-state index in [0.717, 1.165) is 22.8 Å². The molecule has 1 N–H and O–H groups in total. The SMILES string of the molecule is CCc1nc(-c2csc(C(C)(C)C)n2)[nH]c(=O)c1I. The number of thiazole rings is 1. The molecule has 19 heavy (non-hydrogen) atoms. The van der Waals surface area contributed by atoms with Gasteiger partial charge in [0.15, 0.2) is 5.82 Å².